The number of amides is 1. The second-order valence-electron chi connectivity index (χ2n) is 4.61. The number of nitrogens with one attached hydrogen (secondary N) is 1. The van der Waals surface area contributed by atoms with Crippen molar-refractivity contribution >= 4 is 11.6 Å². The van der Waals surface area contributed by atoms with Crippen LogP contribution in [0.15, 0.2) is 30.3 Å². The third-order valence-corrected chi connectivity index (χ3v) is 3.02. The van der Waals surface area contributed by atoms with E-state index in [0.717, 1.165) is 6.07 Å². The molecule has 0 heterocycles. The molecule has 0 spiro atoms. The first-order chi connectivity index (χ1) is 9.38. The van der Waals surface area contributed by atoms with Crippen molar-refractivity contribution in [2.45, 2.75) is 13.8 Å². The van der Waals surface area contributed by atoms with E-state index in [1.54, 1.807) is 26.0 Å². The van der Waals surface area contributed by atoms with Gasteiger partial charge in [0, 0.05) is 11.8 Å². The monoisotopic (exact) mass is 273 g/mol. The van der Waals surface area contributed by atoms with E-state index in [1.165, 1.54) is 12.1 Å². The Bertz CT molecular complexity index is 680. The van der Waals surface area contributed by atoms with Crippen molar-refractivity contribution in [1.82, 2.24) is 0 Å². The minimum atomic E-state index is -0.490. The summed E-state index contributed by atoms with van der Waals surface area (Å²) in [4.78, 5) is 12.1. The number of carbonyl (C=O) groups is 1. The predicted octanol–water partition coefficient (Wildman–Crippen LogP) is 2.67. The lowest BCUT2D eigenvalue weighted by Gasteiger charge is -2.11. The maximum absolute atomic E-state index is 12.1. The number of hydrogen-bond donors (Lipinski definition) is 4. The average Bonchev–Trinajstić information content (AvgIpc) is 2.35. The molecule has 0 bridgehead atoms. The van der Waals surface area contributed by atoms with E-state index in [4.69, 9.17) is 0 Å². The summed E-state index contributed by atoms with van der Waals surface area (Å²) in [6.07, 6.45) is 0. The van der Waals surface area contributed by atoms with Crippen LogP contribution >= 0.6 is 0 Å². The van der Waals surface area contributed by atoms with Gasteiger partial charge >= 0.3 is 0 Å². The Morgan fingerprint density at radius 2 is 1.65 bits per heavy atom. The van der Waals surface area contributed by atoms with Gasteiger partial charge in [-0.15, -0.1) is 0 Å². The maximum atomic E-state index is 12.1. The van der Waals surface area contributed by atoms with Gasteiger partial charge in [0.15, 0.2) is 0 Å². The third-order valence-electron chi connectivity index (χ3n) is 3.02. The lowest BCUT2D eigenvalue weighted by atomic mass is 10.1. The van der Waals surface area contributed by atoms with Crippen LogP contribution in [0.1, 0.15) is 21.5 Å². The number of aromatic hydroxyl groups is 3. The molecule has 0 aliphatic carbocycles. The van der Waals surface area contributed by atoms with Crippen LogP contribution in [-0.2, 0) is 0 Å². The lowest BCUT2D eigenvalue weighted by molar-refractivity contribution is 0.102. The number of hydrogen-bond acceptors (Lipinski definition) is 4. The van der Waals surface area contributed by atoms with Gasteiger partial charge in [0.2, 0.25) is 0 Å². The van der Waals surface area contributed by atoms with E-state index in [0.29, 0.717) is 16.8 Å². The average molecular weight is 273 g/mol. The van der Waals surface area contributed by atoms with Gasteiger partial charge in [-0.3, -0.25) is 4.79 Å². The molecule has 5 nitrogen and oxygen atoms in total. The summed E-state index contributed by atoms with van der Waals surface area (Å²) >= 11 is 0. The summed E-state index contributed by atoms with van der Waals surface area (Å²) in [5, 5.41) is 31.1. The highest BCUT2D eigenvalue weighted by atomic mass is 16.3. The number of benzene rings is 2. The van der Waals surface area contributed by atoms with E-state index in [2.05, 4.69) is 5.32 Å². The Morgan fingerprint density at radius 3 is 2.30 bits per heavy atom. The molecule has 0 unspecified atom stereocenters. The number of rotatable bonds is 2. The van der Waals surface area contributed by atoms with Crippen molar-refractivity contribution in [2.24, 2.45) is 0 Å². The Hall–Kier alpha value is -2.69. The standard InChI is InChI=1S/C15H15NO4/c1-8-6-13(18)9(2)5-12(8)16-15(20)11-4-3-10(17)7-14(11)19/h3-7,17-19H,1-2H3,(H,16,20). The van der Waals surface area contributed by atoms with Gasteiger partial charge in [-0.1, -0.05) is 0 Å². The molecule has 4 N–H and O–H groups in total. The molecule has 104 valence electrons. The molecule has 0 aromatic heterocycles. The number of anilines is 1. The Balaban J connectivity index is 2.30. The van der Waals surface area contributed by atoms with E-state index >= 15 is 0 Å². The summed E-state index contributed by atoms with van der Waals surface area (Å²) in [5.41, 5.74) is 1.96. The molecule has 20 heavy (non-hydrogen) atoms. The zero-order valence-corrected chi connectivity index (χ0v) is 11.1. The maximum Gasteiger partial charge on any atom is 0.259 e. The van der Waals surface area contributed by atoms with Gasteiger partial charge in [-0.25, -0.2) is 0 Å². The largest absolute Gasteiger partial charge is 0.508 e. The van der Waals surface area contributed by atoms with Crippen molar-refractivity contribution in [3.63, 3.8) is 0 Å². The van der Waals surface area contributed by atoms with Crippen LogP contribution in [0.3, 0.4) is 0 Å². The molecule has 0 radical (unpaired) electrons. The van der Waals surface area contributed by atoms with Crippen LogP contribution in [0.4, 0.5) is 5.69 Å². The highest BCUT2D eigenvalue weighted by Crippen LogP contribution is 2.27. The highest BCUT2D eigenvalue weighted by Gasteiger charge is 2.13. The summed E-state index contributed by atoms with van der Waals surface area (Å²) in [5.74, 6) is -0.741. The summed E-state index contributed by atoms with van der Waals surface area (Å²) < 4.78 is 0. The van der Waals surface area contributed by atoms with Crippen LogP contribution in [0, 0.1) is 13.8 Å². The minimum Gasteiger partial charge on any atom is -0.508 e. The van der Waals surface area contributed by atoms with Gasteiger partial charge in [0.05, 0.1) is 5.56 Å². The minimum absolute atomic E-state index is 0.0629. The zero-order valence-electron chi connectivity index (χ0n) is 11.1. The molecule has 1 amide bonds. The second-order valence-corrected chi connectivity index (χ2v) is 4.61. The number of phenols is 3. The lowest BCUT2D eigenvalue weighted by Crippen LogP contribution is -2.13. The van der Waals surface area contributed by atoms with Crippen LogP contribution < -0.4 is 5.32 Å². The van der Waals surface area contributed by atoms with Crippen molar-refractivity contribution in [1.29, 1.82) is 0 Å². The molecule has 0 aliphatic heterocycles. The SMILES string of the molecule is Cc1cc(NC(=O)c2ccc(O)cc2O)c(C)cc1O. The molecule has 2 aromatic rings. The zero-order chi connectivity index (χ0) is 14.9. The fourth-order valence-corrected chi connectivity index (χ4v) is 1.84. The molecular formula is C15H15NO4. The first-order valence-electron chi connectivity index (χ1n) is 6.02. The molecule has 2 rings (SSSR count). The Kier molecular flexibility index (Phi) is 3.52. The smallest absolute Gasteiger partial charge is 0.259 e. The molecule has 0 saturated heterocycles. The number of phenolic OH excluding ortho intramolecular Hbond substituents is 3. The Labute approximate surface area is 116 Å². The topological polar surface area (TPSA) is 89.8 Å². The molecule has 0 atom stereocenters. The van der Waals surface area contributed by atoms with Crippen molar-refractivity contribution in [2.75, 3.05) is 5.32 Å². The Morgan fingerprint density at radius 1 is 0.950 bits per heavy atom. The second kappa shape index (κ2) is 5.13. The van der Waals surface area contributed by atoms with Crippen LogP contribution in [0.2, 0.25) is 0 Å². The van der Waals surface area contributed by atoms with Gasteiger partial charge in [-0.05, 0) is 49.2 Å². The van der Waals surface area contributed by atoms with Crippen LogP contribution in [0.5, 0.6) is 17.2 Å². The number of carbonyl (C=O) groups excluding carboxylic acids is 1. The molecule has 0 fully saturated rings. The highest BCUT2D eigenvalue weighted by molar-refractivity contribution is 6.06. The van der Waals surface area contributed by atoms with E-state index in [9.17, 15) is 20.1 Å². The van der Waals surface area contributed by atoms with Gasteiger partial charge in [0.25, 0.3) is 5.91 Å². The van der Waals surface area contributed by atoms with Gasteiger partial charge in [-0.2, -0.15) is 0 Å². The molecular weight excluding hydrogens is 258 g/mol. The van der Waals surface area contributed by atoms with E-state index in [-0.39, 0.29) is 22.8 Å². The first kappa shape index (κ1) is 13.7. The normalized spacial score (nSPS) is 10.3. The van der Waals surface area contributed by atoms with Gasteiger partial charge < -0.3 is 20.6 Å². The molecule has 0 aliphatic rings. The predicted molar refractivity (Wildman–Crippen MR) is 75.3 cm³/mol. The summed E-state index contributed by atoms with van der Waals surface area (Å²) in [6.45, 7) is 3.48. The van der Waals surface area contributed by atoms with Crippen molar-refractivity contribution < 1.29 is 20.1 Å². The van der Waals surface area contributed by atoms with Crippen LogP contribution in [-0.4, -0.2) is 21.2 Å². The van der Waals surface area contributed by atoms with Gasteiger partial charge in [0.1, 0.15) is 17.2 Å². The molecule has 0 saturated carbocycles. The van der Waals surface area contributed by atoms with Crippen molar-refractivity contribution in [3.8, 4) is 17.2 Å². The number of aryl methyl sites for hydroxylation is 2. The van der Waals surface area contributed by atoms with Crippen LogP contribution in [0.25, 0.3) is 0 Å². The summed E-state index contributed by atoms with van der Waals surface area (Å²) in [6, 6.07) is 6.97. The van der Waals surface area contributed by atoms with E-state index in [1.807, 2.05) is 0 Å². The molecule has 5 heteroatoms. The fraction of sp³-hybridized carbons (Fsp3) is 0.133. The molecule has 2 aromatic carbocycles. The fourth-order valence-electron chi connectivity index (χ4n) is 1.84. The third kappa shape index (κ3) is 2.66. The quantitative estimate of drug-likeness (QED) is 0.633. The van der Waals surface area contributed by atoms with Crippen molar-refractivity contribution in [3.05, 3.63) is 47.0 Å². The summed E-state index contributed by atoms with van der Waals surface area (Å²) in [7, 11) is 0. The first-order valence-corrected chi connectivity index (χ1v) is 6.02. The van der Waals surface area contributed by atoms with E-state index < -0.39 is 5.91 Å².